The lowest BCUT2D eigenvalue weighted by Gasteiger charge is -1.90. The van der Waals surface area contributed by atoms with E-state index < -0.39 is 0 Å². The Morgan fingerprint density at radius 2 is 2.29 bits per heavy atom. The summed E-state index contributed by atoms with van der Waals surface area (Å²) in [7, 11) is 0. The molecule has 0 atom stereocenters. The molecule has 0 aromatic carbocycles. The van der Waals surface area contributed by atoms with Gasteiger partial charge in [-0.1, -0.05) is 13.0 Å². The Bertz CT molecular complexity index is 350. The normalized spacial score (nSPS) is 11.1. The van der Waals surface area contributed by atoms with Crippen molar-refractivity contribution in [2.24, 2.45) is 0 Å². The minimum atomic E-state index is 0.0454. The van der Waals surface area contributed by atoms with E-state index in [4.69, 9.17) is 0 Å². The molecular formula is C11H16N2O. The number of allylic oxidation sites excluding steroid dienone is 2. The standard InChI is InChI=1S/C11H16N2O/c1-4-6-7-11(14)10-8-13(5-2)12-9(10)3/h6-8H,4-5H2,1-3H3/b7-6+. The van der Waals surface area contributed by atoms with E-state index >= 15 is 0 Å². The highest BCUT2D eigenvalue weighted by Gasteiger charge is 2.09. The maximum absolute atomic E-state index is 11.6. The van der Waals surface area contributed by atoms with E-state index in [0.717, 1.165) is 18.7 Å². The van der Waals surface area contributed by atoms with Crippen molar-refractivity contribution < 1.29 is 4.79 Å². The molecule has 0 bridgehead atoms. The highest BCUT2D eigenvalue weighted by molar-refractivity contribution is 6.05. The van der Waals surface area contributed by atoms with Crippen molar-refractivity contribution in [3.8, 4) is 0 Å². The third-order valence-electron chi connectivity index (χ3n) is 2.04. The van der Waals surface area contributed by atoms with Gasteiger partial charge < -0.3 is 0 Å². The first-order valence-corrected chi connectivity index (χ1v) is 4.94. The van der Waals surface area contributed by atoms with E-state index in [-0.39, 0.29) is 5.78 Å². The van der Waals surface area contributed by atoms with Crippen LogP contribution in [0.25, 0.3) is 0 Å². The Morgan fingerprint density at radius 3 is 2.79 bits per heavy atom. The van der Waals surface area contributed by atoms with Crippen LogP contribution in [0.3, 0.4) is 0 Å². The Hall–Kier alpha value is -1.38. The number of hydrogen-bond donors (Lipinski definition) is 0. The van der Waals surface area contributed by atoms with E-state index in [1.165, 1.54) is 0 Å². The van der Waals surface area contributed by atoms with Crippen LogP contribution in [-0.4, -0.2) is 15.6 Å². The summed E-state index contributed by atoms with van der Waals surface area (Å²) in [4.78, 5) is 11.6. The van der Waals surface area contributed by atoms with Crippen LogP contribution >= 0.6 is 0 Å². The third-order valence-corrected chi connectivity index (χ3v) is 2.04. The van der Waals surface area contributed by atoms with Crippen LogP contribution < -0.4 is 0 Å². The average Bonchev–Trinajstić information content (AvgIpc) is 2.56. The first-order chi connectivity index (χ1) is 6.69. The minimum absolute atomic E-state index is 0.0454. The Balaban J connectivity index is 2.89. The predicted octanol–water partition coefficient (Wildman–Crippen LogP) is 2.36. The summed E-state index contributed by atoms with van der Waals surface area (Å²) in [5, 5.41) is 4.22. The van der Waals surface area contributed by atoms with Gasteiger partial charge in [0.05, 0.1) is 11.3 Å². The van der Waals surface area contributed by atoms with Crippen molar-refractivity contribution in [2.75, 3.05) is 0 Å². The summed E-state index contributed by atoms with van der Waals surface area (Å²) in [6.45, 7) is 6.67. The monoisotopic (exact) mass is 192 g/mol. The van der Waals surface area contributed by atoms with Gasteiger partial charge in [-0.3, -0.25) is 9.48 Å². The molecule has 1 aromatic heterocycles. The molecule has 0 N–H and O–H groups in total. The van der Waals surface area contributed by atoms with Gasteiger partial charge in [-0.2, -0.15) is 5.10 Å². The Labute approximate surface area is 84.4 Å². The summed E-state index contributed by atoms with van der Waals surface area (Å²) in [5.74, 6) is 0.0454. The fourth-order valence-electron chi connectivity index (χ4n) is 1.24. The SMILES string of the molecule is CC/C=C/C(=O)c1cn(CC)nc1C. The molecule has 3 nitrogen and oxygen atoms in total. The van der Waals surface area contributed by atoms with Gasteiger partial charge >= 0.3 is 0 Å². The number of aromatic nitrogens is 2. The van der Waals surface area contributed by atoms with E-state index in [2.05, 4.69) is 5.10 Å². The second-order valence-corrected chi connectivity index (χ2v) is 3.16. The van der Waals surface area contributed by atoms with E-state index in [1.807, 2.05) is 26.8 Å². The second-order valence-electron chi connectivity index (χ2n) is 3.16. The minimum Gasteiger partial charge on any atom is -0.289 e. The Morgan fingerprint density at radius 1 is 1.57 bits per heavy atom. The van der Waals surface area contributed by atoms with Crippen LogP contribution in [0.15, 0.2) is 18.3 Å². The largest absolute Gasteiger partial charge is 0.289 e. The van der Waals surface area contributed by atoms with Crippen molar-refractivity contribution in [1.82, 2.24) is 9.78 Å². The average molecular weight is 192 g/mol. The molecule has 3 heteroatoms. The number of hydrogen-bond acceptors (Lipinski definition) is 2. The zero-order valence-corrected chi connectivity index (χ0v) is 8.95. The molecule has 0 fully saturated rings. The van der Waals surface area contributed by atoms with Crippen molar-refractivity contribution in [1.29, 1.82) is 0 Å². The molecule has 0 amide bonds. The smallest absolute Gasteiger partial charge is 0.188 e. The number of nitrogens with zero attached hydrogens (tertiary/aromatic N) is 2. The van der Waals surface area contributed by atoms with E-state index in [1.54, 1.807) is 17.0 Å². The molecule has 0 aliphatic heterocycles. The third kappa shape index (κ3) is 2.31. The first-order valence-electron chi connectivity index (χ1n) is 4.94. The number of rotatable bonds is 4. The van der Waals surface area contributed by atoms with Gasteiger partial charge in [-0.25, -0.2) is 0 Å². The summed E-state index contributed by atoms with van der Waals surface area (Å²) in [6.07, 6.45) is 6.17. The van der Waals surface area contributed by atoms with Crippen molar-refractivity contribution in [2.45, 2.75) is 33.7 Å². The van der Waals surface area contributed by atoms with E-state index in [0.29, 0.717) is 5.56 Å². The van der Waals surface area contributed by atoms with Crippen molar-refractivity contribution >= 4 is 5.78 Å². The number of ketones is 1. The van der Waals surface area contributed by atoms with Gasteiger partial charge in [-0.15, -0.1) is 0 Å². The van der Waals surface area contributed by atoms with Gasteiger partial charge in [0.15, 0.2) is 5.78 Å². The molecule has 14 heavy (non-hydrogen) atoms. The lowest BCUT2D eigenvalue weighted by Crippen LogP contribution is -1.94. The Kier molecular flexibility index (Phi) is 3.63. The fraction of sp³-hybridized carbons (Fsp3) is 0.455. The number of carbonyl (C=O) groups excluding carboxylic acids is 1. The molecule has 0 saturated carbocycles. The summed E-state index contributed by atoms with van der Waals surface area (Å²) in [6, 6.07) is 0. The summed E-state index contributed by atoms with van der Waals surface area (Å²) >= 11 is 0. The first kappa shape index (κ1) is 10.7. The molecular weight excluding hydrogens is 176 g/mol. The molecule has 0 radical (unpaired) electrons. The van der Waals surface area contributed by atoms with Crippen LogP contribution in [0, 0.1) is 6.92 Å². The number of aryl methyl sites for hydroxylation is 2. The van der Waals surface area contributed by atoms with Crippen molar-refractivity contribution in [3.63, 3.8) is 0 Å². The van der Waals surface area contributed by atoms with Gasteiger partial charge in [0.1, 0.15) is 0 Å². The van der Waals surface area contributed by atoms with Crippen LogP contribution in [0.4, 0.5) is 0 Å². The topological polar surface area (TPSA) is 34.9 Å². The highest BCUT2D eigenvalue weighted by atomic mass is 16.1. The van der Waals surface area contributed by atoms with Gasteiger partial charge in [0.25, 0.3) is 0 Å². The lowest BCUT2D eigenvalue weighted by molar-refractivity contribution is 0.104. The van der Waals surface area contributed by atoms with Crippen LogP contribution in [0.5, 0.6) is 0 Å². The zero-order chi connectivity index (χ0) is 10.6. The highest BCUT2D eigenvalue weighted by Crippen LogP contribution is 2.07. The number of carbonyl (C=O) groups is 1. The maximum Gasteiger partial charge on any atom is 0.188 e. The summed E-state index contributed by atoms with van der Waals surface area (Å²) < 4.78 is 1.78. The molecule has 0 aliphatic carbocycles. The van der Waals surface area contributed by atoms with Crippen LogP contribution in [0.1, 0.15) is 36.3 Å². The van der Waals surface area contributed by atoms with Crippen LogP contribution in [0.2, 0.25) is 0 Å². The maximum atomic E-state index is 11.6. The molecule has 1 rings (SSSR count). The predicted molar refractivity (Wildman–Crippen MR) is 56.4 cm³/mol. The van der Waals surface area contributed by atoms with Crippen molar-refractivity contribution in [3.05, 3.63) is 29.6 Å². The quantitative estimate of drug-likeness (QED) is 0.542. The fourth-order valence-corrected chi connectivity index (χ4v) is 1.24. The van der Waals surface area contributed by atoms with Gasteiger partial charge in [0, 0.05) is 12.7 Å². The molecule has 0 unspecified atom stereocenters. The molecule has 0 spiro atoms. The summed E-state index contributed by atoms with van der Waals surface area (Å²) in [5.41, 5.74) is 1.51. The van der Waals surface area contributed by atoms with Gasteiger partial charge in [-0.05, 0) is 26.3 Å². The molecule has 0 aliphatic rings. The molecule has 1 heterocycles. The molecule has 0 saturated heterocycles. The van der Waals surface area contributed by atoms with Crippen LogP contribution in [-0.2, 0) is 6.54 Å². The molecule has 1 aromatic rings. The van der Waals surface area contributed by atoms with E-state index in [9.17, 15) is 4.79 Å². The van der Waals surface area contributed by atoms with Gasteiger partial charge in [0.2, 0.25) is 0 Å². The molecule has 76 valence electrons. The second kappa shape index (κ2) is 4.74. The lowest BCUT2D eigenvalue weighted by atomic mass is 10.1. The zero-order valence-electron chi connectivity index (χ0n) is 8.95.